The van der Waals surface area contributed by atoms with Crippen LogP contribution in [0.4, 0.5) is 0 Å². The lowest BCUT2D eigenvalue weighted by Gasteiger charge is -2.52. The lowest BCUT2D eigenvalue weighted by Crippen LogP contribution is -2.72. The number of rotatable bonds is 62. The number of nitrogens with one attached hydrogen (secondary N) is 3. The second-order valence-electron chi connectivity index (χ2n) is 38.4. The van der Waals surface area contributed by atoms with Crippen LogP contribution >= 0.6 is 0 Å². The first-order chi connectivity index (χ1) is 66.2. The van der Waals surface area contributed by atoms with E-state index < -0.39 is 316 Å². The summed E-state index contributed by atoms with van der Waals surface area (Å²) in [4.78, 5) is 40.7. The number of aliphatic hydroxyl groups is 22. The van der Waals surface area contributed by atoms with Gasteiger partial charge in [-0.2, -0.15) is 0 Å². The minimum absolute atomic E-state index is 0.149. The topological polar surface area (TPSA) is 680 Å². The molecular formula is C94H169N3O41. The van der Waals surface area contributed by atoms with Gasteiger partial charge in [0.2, 0.25) is 17.7 Å². The number of amides is 3. The zero-order chi connectivity index (χ0) is 101. The van der Waals surface area contributed by atoms with Crippen LogP contribution < -0.4 is 16.0 Å². The molecule has 8 rings (SSSR count). The monoisotopic (exact) mass is 2000 g/mol. The van der Waals surface area contributed by atoms with Crippen molar-refractivity contribution in [2.24, 2.45) is 0 Å². The summed E-state index contributed by atoms with van der Waals surface area (Å²) in [7, 11) is 0. The molecule has 8 saturated heterocycles. The van der Waals surface area contributed by atoms with Crippen molar-refractivity contribution in [2.75, 3.05) is 46.2 Å². The molecule has 3 amide bonds. The fourth-order valence-electron chi connectivity index (χ4n) is 19.0. The lowest BCUT2D eigenvalue weighted by atomic mass is 9.93. The molecule has 0 spiro atoms. The normalized spacial score (nSPS) is 39.2. The highest BCUT2D eigenvalue weighted by Crippen LogP contribution is 2.41. The Hall–Kier alpha value is -3.37. The number of unbranched alkanes of at least 4 members (excludes halogenated alkanes) is 31. The van der Waals surface area contributed by atoms with Crippen LogP contribution in [0, 0.1) is 0 Å². The molecule has 8 heterocycles. The molecule has 8 aliphatic rings. The Labute approximate surface area is 808 Å². The molecule has 0 aliphatic carbocycles. The molecule has 0 bridgehead atoms. The molecule has 0 radical (unpaired) electrons. The van der Waals surface area contributed by atoms with Crippen LogP contribution in [0.1, 0.15) is 260 Å². The molecule has 0 aromatic heterocycles. The Morgan fingerprint density at radius 2 is 0.601 bits per heavy atom. The molecule has 806 valence electrons. The maximum Gasteiger partial charge on any atom is 0.220 e. The number of hydrogen-bond donors (Lipinski definition) is 25. The summed E-state index contributed by atoms with van der Waals surface area (Å²) in [5.74, 6) is -2.28. The summed E-state index contributed by atoms with van der Waals surface area (Å²) in [6.45, 7) is 1.88. The van der Waals surface area contributed by atoms with Crippen molar-refractivity contribution in [2.45, 2.75) is 518 Å². The molecule has 0 aromatic carbocycles. The Kier molecular flexibility index (Phi) is 54.5. The first kappa shape index (κ1) is 120. The van der Waals surface area contributed by atoms with E-state index in [9.17, 15) is 127 Å². The maximum atomic E-state index is 13.7. The van der Waals surface area contributed by atoms with E-state index in [-0.39, 0.29) is 12.3 Å². The molecule has 0 saturated carbocycles. The minimum atomic E-state index is -2.44. The Morgan fingerprint density at radius 3 is 1.02 bits per heavy atom. The van der Waals surface area contributed by atoms with E-state index in [1.165, 1.54) is 162 Å². The Morgan fingerprint density at radius 1 is 0.297 bits per heavy atom. The SMILES string of the molecule is CCCCCCCCCCCCC/C=C/[C@@H](O)[C@H](CO[C@@H]1OC(CO)[C@@H](O[C@@H]2OC(CO)[C@H](O)[C@H](O[C@@H]3OC(CO)[C@@H](O)[C@H](O[C@@H]4OC(CO)[C@H](O)[C@H](O[C@@H]5OC(CO)[C@@H](O[C@@H]6OC(CO)[C@H](O)[C@H](O)C6O[C@H]6OC(C)[C@@H](O)C(O)[C@@H]6O)[C@H](O[C@H]6OC(C)[C@@H](O)C(O)[C@@H]6O)C5NC(C)=O)C4O)C3NC(C)=O)C2O)[C@H](O)C1O)NC(=O)CCCCCCCCCCCCCCCCCCCCCCC. The van der Waals surface area contributed by atoms with Crippen LogP contribution in [0.25, 0.3) is 0 Å². The van der Waals surface area contributed by atoms with Gasteiger partial charge in [0.05, 0.1) is 70.6 Å². The zero-order valence-corrected chi connectivity index (χ0v) is 81.0. The first-order valence-electron chi connectivity index (χ1n) is 50.7. The van der Waals surface area contributed by atoms with Gasteiger partial charge in [-0.05, 0) is 33.1 Å². The molecule has 16 unspecified atom stereocenters. The van der Waals surface area contributed by atoms with E-state index >= 15 is 0 Å². The molecule has 44 nitrogen and oxygen atoms in total. The van der Waals surface area contributed by atoms with Crippen LogP contribution in [0.15, 0.2) is 12.2 Å². The third kappa shape index (κ3) is 35.2. The van der Waals surface area contributed by atoms with Crippen LogP contribution in [0.2, 0.25) is 0 Å². The van der Waals surface area contributed by atoms with Gasteiger partial charge in [0.1, 0.15) is 183 Å². The number of carbonyl (C=O) groups excluding carboxylic acids is 3. The van der Waals surface area contributed by atoms with E-state index in [2.05, 4.69) is 29.8 Å². The lowest BCUT2D eigenvalue weighted by molar-refractivity contribution is -0.401. The van der Waals surface area contributed by atoms with Gasteiger partial charge in [0.25, 0.3) is 0 Å². The standard InChI is InChI=1S/C94H169N3O41/c1-7-9-11-13-15-17-19-21-22-23-24-25-26-27-28-30-32-34-36-38-40-42-62(107)97-54(55(106)41-39-37-35-33-31-29-20-18-16-14-12-10-8-2)49-123-89-77(120)74(117)80(60(47-102)131-89)132-92-78(121)84(69(112)58(45-100)127-92)136-87-63(95-52(5)104)82(68(111)57(44-99)126-87)134-93-79(122)85(70(113)59(46-101)128-93)137-88-64(96-53(6)105)83(135-90-75(118)71(114)65(108)50(3)124-90)81(61(48-103)130-88)133-94-86(73(116)67(110)56(43-98)129-94)138-91-76(119)72(115)66(109)51(4)125-91/h39,41,50-51,54-61,63-94,98-103,106,108-122H,7-38,40,42-49H2,1-6H3,(H,95,104)(H,96,105)(H,97,107)/b41-39+/t50?,51?,54-,55+,56?,57?,58?,59?,60?,61?,63?,64?,65+,66+,67-,68+,69-,70-,71?,72?,73-,74+,75-,76-,77?,78?,79?,80+,81+,82+,83+,84-,85-,86?,87-,88-,89+,90+,91+,92-,93-,94-/m0/s1. The van der Waals surface area contributed by atoms with Gasteiger partial charge in [0, 0.05) is 20.3 Å². The molecule has 138 heavy (non-hydrogen) atoms. The van der Waals surface area contributed by atoms with Gasteiger partial charge in [-0.25, -0.2) is 0 Å². The van der Waals surface area contributed by atoms with Crippen molar-refractivity contribution >= 4 is 17.7 Å². The number of aliphatic hydroxyl groups excluding tert-OH is 22. The summed E-state index contributed by atoms with van der Waals surface area (Å²) in [6.07, 6.45) is -34.9. The van der Waals surface area contributed by atoms with E-state index in [1.807, 2.05) is 6.08 Å². The molecule has 42 atom stereocenters. The first-order valence-corrected chi connectivity index (χ1v) is 50.7. The molecule has 8 aliphatic heterocycles. The zero-order valence-electron chi connectivity index (χ0n) is 81.0. The molecular weight excluding hydrogens is 1830 g/mol. The van der Waals surface area contributed by atoms with Crippen molar-refractivity contribution in [1.82, 2.24) is 16.0 Å². The molecule has 8 fully saturated rings. The summed E-state index contributed by atoms with van der Waals surface area (Å²) >= 11 is 0. The summed E-state index contributed by atoms with van der Waals surface area (Å²) < 4.78 is 97.1. The van der Waals surface area contributed by atoms with Gasteiger partial charge < -0.3 is 204 Å². The average molecular weight is 2000 g/mol. The number of ether oxygens (including phenoxy) is 16. The number of carbonyl (C=O) groups is 3. The third-order valence-electron chi connectivity index (χ3n) is 27.4. The van der Waals surface area contributed by atoms with Crippen LogP contribution in [0.5, 0.6) is 0 Å². The van der Waals surface area contributed by atoms with Crippen molar-refractivity contribution in [3.63, 3.8) is 0 Å². The van der Waals surface area contributed by atoms with Gasteiger partial charge in [-0.15, -0.1) is 0 Å². The predicted molar refractivity (Wildman–Crippen MR) is 484 cm³/mol. The molecule has 0 aromatic rings. The van der Waals surface area contributed by atoms with Gasteiger partial charge in [-0.1, -0.05) is 219 Å². The van der Waals surface area contributed by atoms with Crippen molar-refractivity contribution in [3.05, 3.63) is 12.2 Å². The third-order valence-corrected chi connectivity index (χ3v) is 27.4. The van der Waals surface area contributed by atoms with Crippen molar-refractivity contribution in [3.8, 4) is 0 Å². The smallest absolute Gasteiger partial charge is 0.220 e. The largest absolute Gasteiger partial charge is 0.394 e. The van der Waals surface area contributed by atoms with E-state index in [4.69, 9.17) is 75.8 Å². The van der Waals surface area contributed by atoms with Gasteiger partial charge in [0.15, 0.2) is 50.3 Å². The maximum absolute atomic E-state index is 13.7. The van der Waals surface area contributed by atoms with Gasteiger partial charge >= 0.3 is 0 Å². The highest BCUT2D eigenvalue weighted by atomic mass is 16.8. The number of hydrogen-bond acceptors (Lipinski definition) is 41. The van der Waals surface area contributed by atoms with E-state index in [0.717, 1.165) is 65.2 Å². The quantitative estimate of drug-likeness (QED) is 0.0223. The molecule has 44 heteroatoms. The fraction of sp³-hybridized carbons (Fsp3) is 0.947. The highest BCUT2D eigenvalue weighted by Gasteiger charge is 2.61. The summed E-state index contributed by atoms with van der Waals surface area (Å²) in [5, 5.41) is 258. The Bertz CT molecular complexity index is 3340. The van der Waals surface area contributed by atoms with E-state index in [1.54, 1.807) is 6.08 Å². The highest BCUT2D eigenvalue weighted by molar-refractivity contribution is 5.76. The molecule has 25 N–H and O–H groups in total. The Balaban J connectivity index is 0.943. The second-order valence-corrected chi connectivity index (χ2v) is 38.4. The average Bonchev–Trinajstić information content (AvgIpc) is 0.757. The second kappa shape index (κ2) is 62.7. The minimum Gasteiger partial charge on any atom is -0.394 e. The predicted octanol–water partition coefficient (Wildman–Crippen LogP) is -2.38. The summed E-state index contributed by atoms with van der Waals surface area (Å²) in [5.41, 5.74) is 0. The van der Waals surface area contributed by atoms with Crippen LogP contribution in [-0.4, -0.2) is 434 Å². The van der Waals surface area contributed by atoms with Gasteiger partial charge in [-0.3, -0.25) is 14.4 Å². The van der Waals surface area contributed by atoms with Crippen LogP contribution in [-0.2, 0) is 90.2 Å². The van der Waals surface area contributed by atoms with Crippen molar-refractivity contribution < 1.29 is 203 Å². The van der Waals surface area contributed by atoms with Crippen molar-refractivity contribution in [1.29, 1.82) is 0 Å². The summed E-state index contributed by atoms with van der Waals surface area (Å²) in [6, 6.07) is -5.05. The van der Waals surface area contributed by atoms with Crippen LogP contribution in [0.3, 0.4) is 0 Å². The fourth-order valence-corrected chi connectivity index (χ4v) is 19.0. The van der Waals surface area contributed by atoms with E-state index in [0.29, 0.717) is 12.8 Å². The number of allylic oxidation sites excluding steroid dienone is 1.